The Balaban J connectivity index is 1.62. The van der Waals surface area contributed by atoms with E-state index in [1.165, 1.54) is 64.2 Å². The van der Waals surface area contributed by atoms with Gasteiger partial charge in [0.25, 0.3) is 0 Å². The van der Waals surface area contributed by atoms with Gasteiger partial charge in [-0.1, -0.05) is 75.0 Å². The van der Waals surface area contributed by atoms with Crippen LogP contribution in [0.4, 0.5) is 4.39 Å². The Labute approximate surface area is 152 Å². The fourth-order valence-electron chi connectivity index (χ4n) is 5.78. The number of benzene rings is 1. The largest absolute Gasteiger partial charge is 0.206 e. The third-order valence-corrected chi connectivity index (χ3v) is 7.16. The normalized spacial score (nSPS) is 24.9. The summed E-state index contributed by atoms with van der Waals surface area (Å²) in [5.74, 6) is 1.57. The Kier molecular flexibility index (Phi) is 5.10. The van der Waals surface area contributed by atoms with Crippen LogP contribution in [0.3, 0.4) is 0 Å². The number of hydrogen-bond donors (Lipinski definition) is 0. The van der Waals surface area contributed by atoms with Crippen LogP contribution in [-0.4, -0.2) is 0 Å². The molecule has 0 heterocycles. The second kappa shape index (κ2) is 7.48. The van der Waals surface area contributed by atoms with Crippen LogP contribution in [0.5, 0.6) is 0 Å². The predicted octanol–water partition coefficient (Wildman–Crippen LogP) is 7.32. The zero-order chi connectivity index (χ0) is 17.1. The van der Waals surface area contributed by atoms with Gasteiger partial charge < -0.3 is 0 Å². The molecule has 0 spiro atoms. The zero-order valence-electron chi connectivity index (χ0n) is 15.4. The van der Waals surface area contributed by atoms with Gasteiger partial charge >= 0.3 is 0 Å². The molecule has 2 fully saturated rings. The summed E-state index contributed by atoms with van der Waals surface area (Å²) in [5.41, 5.74) is 2.19. The molecule has 134 valence electrons. The quantitative estimate of drug-likeness (QED) is 0.541. The third-order valence-electron chi connectivity index (χ3n) is 7.16. The SMILES string of the molecule is Fc1ccccc1C1=CCC(C2CCCCC2)(C2CCCCC2)C=C1. The lowest BCUT2D eigenvalue weighted by Crippen LogP contribution is -2.39. The van der Waals surface area contributed by atoms with Gasteiger partial charge in [-0.05, 0) is 61.0 Å². The zero-order valence-corrected chi connectivity index (χ0v) is 15.4. The summed E-state index contributed by atoms with van der Waals surface area (Å²) in [6, 6.07) is 7.21. The summed E-state index contributed by atoms with van der Waals surface area (Å²) in [6.07, 6.45) is 22.2. The first kappa shape index (κ1) is 17.1. The number of rotatable bonds is 3. The smallest absolute Gasteiger partial charge is 0.131 e. The van der Waals surface area contributed by atoms with Gasteiger partial charge in [0.1, 0.15) is 5.82 Å². The average molecular weight is 339 g/mol. The maximum Gasteiger partial charge on any atom is 0.131 e. The van der Waals surface area contributed by atoms with Gasteiger partial charge in [-0.2, -0.15) is 0 Å². The van der Waals surface area contributed by atoms with Crippen molar-refractivity contribution in [2.75, 3.05) is 0 Å². The summed E-state index contributed by atoms with van der Waals surface area (Å²) in [5, 5.41) is 0. The first-order chi connectivity index (χ1) is 12.3. The molecule has 0 radical (unpaired) electrons. The van der Waals surface area contributed by atoms with Crippen LogP contribution >= 0.6 is 0 Å². The van der Waals surface area contributed by atoms with E-state index in [-0.39, 0.29) is 5.82 Å². The van der Waals surface area contributed by atoms with Crippen molar-refractivity contribution >= 4 is 5.57 Å². The highest BCUT2D eigenvalue weighted by molar-refractivity contribution is 5.75. The molecule has 0 saturated heterocycles. The second-order valence-electron chi connectivity index (χ2n) is 8.46. The van der Waals surface area contributed by atoms with Crippen LogP contribution in [0.15, 0.2) is 42.5 Å². The van der Waals surface area contributed by atoms with Gasteiger partial charge in [-0.25, -0.2) is 4.39 Å². The maximum atomic E-state index is 14.2. The third kappa shape index (κ3) is 3.35. The van der Waals surface area contributed by atoms with Gasteiger partial charge in [-0.15, -0.1) is 0 Å². The highest BCUT2D eigenvalue weighted by atomic mass is 19.1. The molecule has 0 unspecified atom stereocenters. The van der Waals surface area contributed by atoms with Gasteiger partial charge in [-0.3, -0.25) is 0 Å². The van der Waals surface area contributed by atoms with E-state index in [4.69, 9.17) is 0 Å². The molecule has 0 N–H and O–H groups in total. The number of allylic oxidation sites excluding steroid dienone is 4. The van der Waals surface area contributed by atoms with Crippen molar-refractivity contribution in [2.45, 2.75) is 70.6 Å². The lowest BCUT2D eigenvalue weighted by atomic mass is 9.56. The fourth-order valence-corrected chi connectivity index (χ4v) is 5.78. The van der Waals surface area contributed by atoms with Crippen LogP contribution < -0.4 is 0 Å². The average Bonchev–Trinajstić information content (AvgIpc) is 2.70. The summed E-state index contributed by atoms with van der Waals surface area (Å²) in [7, 11) is 0. The van der Waals surface area contributed by atoms with E-state index in [1.54, 1.807) is 12.1 Å². The first-order valence-corrected chi connectivity index (χ1v) is 10.4. The van der Waals surface area contributed by atoms with Crippen LogP contribution in [-0.2, 0) is 0 Å². The minimum absolute atomic E-state index is 0.0961. The van der Waals surface area contributed by atoms with Crippen LogP contribution in [0.1, 0.15) is 76.2 Å². The molecule has 0 amide bonds. The first-order valence-electron chi connectivity index (χ1n) is 10.4. The van der Waals surface area contributed by atoms with Crippen molar-refractivity contribution in [2.24, 2.45) is 17.3 Å². The molecule has 0 nitrogen and oxygen atoms in total. The van der Waals surface area contributed by atoms with Gasteiger partial charge in [0.05, 0.1) is 0 Å². The second-order valence-corrected chi connectivity index (χ2v) is 8.46. The van der Waals surface area contributed by atoms with Gasteiger partial charge in [0.15, 0.2) is 0 Å². The number of hydrogen-bond acceptors (Lipinski definition) is 0. The van der Waals surface area contributed by atoms with Crippen molar-refractivity contribution in [1.82, 2.24) is 0 Å². The van der Waals surface area contributed by atoms with E-state index in [0.717, 1.165) is 29.4 Å². The Hall–Kier alpha value is -1.37. The molecule has 3 aliphatic rings. The van der Waals surface area contributed by atoms with Crippen LogP contribution in [0.25, 0.3) is 5.57 Å². The van der Waals surface area contributed by atoms with Crippen molar-refractivity contribution < 1.29 is 4.39 Å². The summed E-state index contributed by atoms with van der Waals surface area (Å²) >= 11 is 0. The topological polar surface area (TPSA) is 0 Å². The number of halogens is 1. The van der Waals surface area contributed by atoms with Gasteiger partial charge in [0, 0.05) is 5.56 Å². The molecule has 0 bridgehead atoms. The molecule has 1 heteroatoms. The maximum absolute atomic E-state index is 14.2. The summed E-state index contributed by atoms with van der Waals surface area (Å²) < 4.78 is 14.2. The summed E-state index contributed by atoms with van der Waals surface area (Å²) in [4.78, 5) is 0. The Morgan fingerprint density at radius 2 is 1.40 bits per heavy atom. The van der Waals surface area contributed by atoms with Crippen LogP contribution in [0.2, 0.25) is 0 Å². The minimum atomic E-state index is -0.0961. The minimum Gasteiger partial charge on any atom is -0.206 e. The van der Waals surface area contributed by atoms with E-state index >= 15 is 0 Å². The molecule has 1 aromatic carbocycles. The Bertz CT molecular complexity index is 624. The molecular weight excluding hydrogens is 307 g/mol. The predicted molar refractivity (Wildman–Crippen MR) is 104 cm³/mol. The van der Waals surface area contributed by atoms with Crippen molar-refractivity contribution in [3.8, 4) is 0 Å². The highest BCUT2D eigenvalue weighted by Gasteiger charge is 2.43. The van der Waals surface area contributed by atoms with E-state index in [0.29, 0.717) is 5.41 Å². The Morgan fingerprint density at radius 1 is 0.800 bits per heavy atom. The highest BCUT2D eigenvalue weighted by Crippen LogP contribution is 2.54. The molecule has 3 aliphatic carbocycles. The lowest BCUT2D eigenvalue weighted by molar-refractivity contribution is 0.0708. The van der Waals surface area contributed by atoms with E-state index in [1.807, 2.05) is 12.1 Å². The van der Waals surface area contributed by atoms with Gasteiger partial charge in [0.2, 0.25) is 0 Å². The van der Waals surface area contributed by atoms with E-state index in [9.17, 15) is 4.39 Å². The molecule has 1 aromatic rings. The molecule has 0 aromatic heterocycles. The molecular formula is C24H31F. The monoisotopic (exact) mass is 338 g/mol. The van der Waals surface area contributed by atoms with Crippen LogP contribution in [0, 0.1) is 23.1 Å². The lowest BCUT2D eigenvalue weighted by Gasteiger charge is -2.48. The molecule has 2 saturated carbocycles. The molecule has 4 rings (SSSR count). The Morgan fingerprint density at radius 3 is 1.92 bits per heavy atom. The fraction of sp³-hybridized carbons (Fsp3) is 0.583. The van der Waals surface area contributed by atoms with Crippen molar-refractivity contribution in [1.29, 1.82) is 0 Å². The van der Waals surface area contributed by atoms with Crippen molar-refractivity contribution in [3.05, 3.63) is 53.9 Å². The molecule has 0 atom stereocenters. The van der Waals surface area contributed by atoms with E-state index < -0.39 is 0 Å². The van der Waals surface area contributed by atoms with E-state index in [2.05, 4.69) is 18.2 Å². The molecule has 25 heavy (non-hydrogen) atoms. The molecule has 0 aliphatic heterocycles. The summed E-state index contributed by atoms with van der Waals surface area (Å²) in [6.45, 7) is 0. The standard InChI is InChI=1S/C24H31F/c25-23-14-8-7-13-22(23)19-15-17-24(18-16-19,20-9-3-1-4-10-20)21-11-5-2-6-12-21/h7-8,13-17,20-21H,1-6,9-12,18H2. The van der Waals surface area contributed by atoms with Crippen molar-refractivity contribution in [3.63, 3.8) is 0 Å².